The standard InChI is InChI=1S/C16H23FN2O2/c1-10-3-4-15(5-11(10)2)21-9-12-6-13(16(18)19-20)8-14(17)7-12/h6-8,10-11,15,20H,3-5,9H2,1-2H3,(H2,18,19). The highest BCUT2D eigenvalue weighted by Crippen LogP contribution is 2.31. The van der Waals surface area contributed by atoms with Crippen LogP contribution in [0.1, 0.15) is 44.2 Å². The zero-order chi connectivity index (χ0) is 15.4. The fourth-order valence-electron chi connectivity index (χ4n) is 2.80. The zero-order valence-corrected chi connectivity index (χ0v) is 12.6. The molecule has 1 fully saturated rings. The topological polar surface area (TPSA) is 67.8 Å². The molecule has 5 heteroatoms. The summed E-state index contributed by atoms with van der Waals surface area (Å²) in [5.41, 5.74) is 6.56. The maximum absolute atomic E-state index is 13.6. The van der Waals surface area contributed by atoms with E-state index in [1.807, 2.05) is 0 Å². The van der Waals surface area contributed by atoms with Crippen molar-refractivity contribution >= 4 is 5.84 Å². The first-order valence-electron chi connectivity index (χ1n) is 7.38. The molecule has 0 bridgehead atoms. The van der Waals surface area contributed by atoms with Crippen LogP contribution in [0.2, 0.25) is 0 Å². The molecule has 1 aliphatic carbocycles. The fourth-order valence-corrected chi connectivity index (χ4v) is 2.80. The predicted molar refractivity (Wildman–Crippen MR) is 79.7 cm³/mol. The van der Waals surface area contributed by atoms with E-state index < -0.39 is 5.82 Å². The average molecular weight is 294 g/mol. The van der Waals surface area contributed by atoms with E-state index in [0.717, 1.165) is 18.8 Å². The Morgan fingerprint density at radius 3 is 2.76 bits per heavy atom. The monoisotopic (exact) mass is 294 g/mol. The molecule has 3 atom stereocenters. The molecule has 116 valence electrons. The van der Waals surface area contributed by atoms with Gasteiger partial charge in [0.25, 0.3) is 0 Å². The molecule has 0 aliphatic heterocycles. The van der Waals surface area contributed by atoms with Crippen molar-refractivity contribution < 1.29 is 14.3 Å². The number of hydrogen-bond donors (Lipinski definition) is 2. The van der Waals surface area contributed by atoms with Gasteiger partial charge in [0, 0.05) is 5.56 Å². The van der Waals surface area contributed by atoms with Crippen molar-refractivity contribution in [3.63, 3.8) is 0 Å². The Morgan fingerprint density at radius 2 is 2.10 bits per heavy atom. The zero-order valence-electron chi connectivity index (χ0n) is 12.6. The number of benzene rings is 1. The van der Waals surface area contributed by atoms with Gasteiger partial charge >= 0.3 is 0 Å². The second kappa shape index (κ2) is 6.89. The lowest BCUT2D eigenvalue weighted by Gasteiger charge is -2.32. The summed E-state index contributed by atoms with van der Waals surface area (Å²) in [6, 6.07) is 4.35. The van der Waals surface area contributed by atoms with Gasteiger partial charge in [0.1, 0.15) is 5.82 Å². The molecule has 2 rings (SSSR count). The van der Waals surface area contributed by atoms with Gasteiger partial charge in [-0.15, -0.1) is 0 Å². The minimum absolute atomic E-state index is 0.101. The first-order valence-corrected chi connectivity index (χ1v) is 7.38. The molecule has 0 heterocycles. The number of ether oxygens (including phenoxy) is 1. The fraction of sp³-hybridized carbons (Fsp3) is 0.562. The molecule has 4 nitrogen and oxygen atoms in total. The van der Waals surface area contributed by atoms with E-state index in [-0.39, 0.29) is 11.9 Å². The maximum atomic E-state index is 13.6. The van der Waals surface area contributed by atoms with Gasteiger partial charge in [0.2, 0.25) is 0 Å². The van der Waals surface area contributed by atoms with Crippen molar-refractivity contribution in [2.45, 2.75) is 45.8 Å². The van der Waals surface area contributed by atoms with E-state index in [2.05, 4.69) is 19.0 Å². The van der Waals surface area contributed by atoms with Gasteiger partial charge in [-0.2, -0.15) is 0 Å². The SMILES string of the molecule is CC1CCC(OCc2cc(F)cc(/C(N)=N/O)c2)CC1C. The van der Waals surface area contributed by atoms with Crippen LogP contribution in [0.4, 0.5) is 4.39 Å². The van der Waals surface area contributed by atoms with Crippen LogP contribution >= 0.6 is 0 Å². The maximum Gasteiger partial charge on any atom is 0.170 e. The molecular weight excluding hydrogens is 271 g/mol. The molecule has 1 aromatic carbocycles. The van der Waals surface area contributed by atoms with E-state index >= 15 is 0 Å². The van der Waals surface area contributed by atoms with Crippen LogP contribution in [0.15, 0.2) is 23.4 Å². The van der Waals surface area contributed by atoms with Crippen molar-refractivity contribution in [2.75, 3.05) is 0 Å². The number of nitrogens with two attached hydrogens (primary N) is 1. The third-order valence-corrected chi connectivity index (χ3v) is 4.40. The third-order valence-electron chi connectivity index (χ3n) is 4.40. The Morgan fingerprint density at radius 1 is 1.33 bits per heavy atom. The second-order valence-electron chi connectivity index (χ2n) is 6.03. The molecule has 0 radical (unpaired) electrons. The summed E-state index contributed by atoms with van der Waals surface area (Å²) in [5.74, 6) is 0.884. The Balaban J connectivity index is 1.98. The third kappa shape index (κ3) is 4.17. The summed E-state index contributed by atoms with van der Waals surface area (Å²) in [6.07, 6.45) is 3.49. The van der Waals surface area contributed by atoms with Crippen LogP contribution in [-0.4, -0.2) is 17.1 Å². The molecule has 0 amide bonds. The molecule has 0 saturated heterocycles. The van der Waals surface area contributed by atoms with E-state index in [1.165, 1.54) is 18.6 Å². The molecule has 1 aromatic rings. The molecular formula is C16H23FN2O2. The number of nitrogens with zero attached hydrogens (tertiary/aromatic N) is 1. The first-order chi connectivity index (χ1) is 9.99. The molecule has 3 unspecified atom stereocenters. The average Bonchev–Trinajstić information content (AvgIpc) is 2.47. The summed E-state index contributed by atoms with van der Waals surface area (Å²) < 4.78 is 19.5. The van der Waals surface area contributed by atoms with Crippen LogP contribution in [-0.2, 0) is 11.3 Å². The lowest BCUT2D eigenvalue weighted by atomic mass is 9.80. The van der Waals surface area contributed by atoms with Gasteiger partial charge < -0.3 is 15.7 Å². The normalized spacial score (nSPS) is 26.8. The second-order valence-corrected chi connectivity index (χ2v) is 6.03. The summed E-state index contributed by atoms with van der Waals surface area (Å²) in [7, 11) is 0. The predicted octanol–water partition coefficient (Wildman–Crippen LogP) is 3.26. The van der Waals surface area contributed by atoms with Crippen LogP contribution in [0.5, 0.6) is 0 Å². The van der Waals surface area contributed by atoms with Crippen molar-refractivity contribution in [2.24, 2.45) is 22.7 Å². The highest BCUT2D eigenvalue weighted by molar-refractivity contribution is 5.97. The number of oxime groups is 1. The van der Waals surface area contributed by atoms with Crippen molar-refractivity contribution in [3.05, 3.63) is 35.1 Å². The van der Waals surface area contributed by atoms with Gasteiger partial charge in [-0.25, -0.2) is 4.39 Å². The van der Waals surface area contributed by atoms with Crippen LogP contribution < -0.4 is 5.73 Å². The van der Waals surface area contributed by atoms with Gasteiger partial charge in [-0.3, -0.25) is 0 Å². The number of amidine groups is 1. The lowest BCUT2D eigenvalue weighted by molar-refractivity contribution is -0.00753. The molecule has 21 heavy (non-hydrogen) atoms. The highest BCUT2D eigenvalue weighted by Gasteiger charge is 2.24. The van der Waals surface area contributed by atoms with Crippen molar-refractivity contribution in [1.82, 2.24) is 0 Å². The van der Waals surface area contributed by atoms with Gasteiger partial charge in [0.05, 0.1) is 12.7 Å². The molecule has 0 spiro atoms. The largest absolute Gasteiger partial charge is 0.409 e. The summed E-state index contributed by atoms with van der Waals surface area (Å²) in [4.78, 5) is 0. The summed E-state index contributed by atoms with van der Waals surface area (Å²) >= 11 is 0. The quantitative estimate of drug-likeness (QED) is 0.387. The first kappa shape index (κ1) is 15.8. The number of halogens is 1. The van der Waals surface area contributed by atoms with Gasteiger partial charge in [-0.05, 0) is 54.9 Å². The Kier molecular flexibility index (Phi) is 5.17. The molecule has 1 saturated carbocycles. The van der Waals surface area contributed by atoms with Gasteiger partial charge in [-0.1, -0.05) is 19.0 Å². The van der Waals surface area contributed by atoms with E-state index in [9.17, 15) is 4.39 Å². The van der Waals surface area contributed by atoms with Crippen LogP contribution in [0.25, 0.3) is 0 Å². The summed E-state index contributed by atoms with van der Waals surface area (Å²) in [6.45, 7) is 4.87. The van der Waals surface area contributed by atoms with E-state index in [1.54, 1.807) is 6.07 Å². The Hall–Kier alpha value is -1.62. The number of hydrogen-bond acceptors (Lipinski definition) is 3. The highest BCUT2D eigenvalue weighted by atomic mass is 19.1. The Labute approximate surface area is 124 Å². The molecule has 1 aliphatic rings. The molecule has 3 N–H and O–H groups in total. The van der Waals surface area contributed by atoms with E-state index in [0.29, 0.717) is 23.7 Å². The lowest BCUT2D eigenvalue weighted by Crippen LogP contribution is -2.26. The summed E-state index contributed by atoms with van der Waals surface area (Å²) in [5, 5.41) is 11.6. The van der Waals surface area contributed by atoms with Gasteiger partial charge in [0.15, 0.2) is 5.84 Å². The van der Waals surface area contributed by atoms with E-state index in [4.69, 9.17) is 15.7 Å². The Bertz CT molecular complexity index is 519. The van der Waals surface area contributed by atoms with Crippen molar-refractivity contribution in [1.29, 1.82) is 0 Å². The number of rotatable bonds is 4. The minimum Gasteiger partial charge on any atom is -0.409 e. The molecule has 0 aromatic heterocycles. The van der Waals surface area contributed by atoms with Crippen LogP contribution in [0.3, 0.4) is 0 Å². The van der Waals surface area contributed by atoms with Crippen molar-refractivity contribution in [3.8, 4) is 0 Å². The minimum atomic E-state index is -0.414. The smallest absolute Gasteiger partial charge is 0.170 e. The van der Waals surface area contributed by atoms with Crippen LogP contribution in [0, 0.1) is 17.7 Å².